The molecule has 0 aliphatic carbocycles. The van der Waals surface area contributed by atoms with Crippen LogP contribution in [0.1, 0.15) is 18.2 Å². The maximum Gasteiger partial charge on any atom is 0.195 e. The third-order valence-corrected chi connectivity index (χ3v) is 2.75. The first-order chi connectivity index (χ1) is 7.35. The lowest BCUT2D eigenvalue weighted by molar-refractivity contribution is 0.963. The molecule has 0 atom stereocenters. The van der Waals surface area contributed by atoms with Gasteiger partial charge in [-0.15, -0.1) is 0 Å². The molecule has 0 saturated carbocycles. The largest absolute Gasteiger partial charge is 0.342 e. The van der Waals surface area contributed by atoms with E-state index < -0.39 is 0 Å². The normalized spacial score (nSPS) is 10.5. The second-order valence-corrected chi connectivity index (χ2v) is 3.65. The molecule has 2 aromatic rings. The summed E-state index contributed by atoms with van der Waals surface area (Å²) < 4.78 is 0. The van der Waals surface area contributed by atoms with E-state index in [2.05, 4.69) is 42.8 Å². The van der Waals surface area contributed by atoms with Crippen LogP contribution in [-0.2, 0) is 11.8 Å². The maximum absolute atomic E-state index is 4.47. The van der Waals surface area contributed by atoms with E-state index in [1.807, 2.05) is 6.20 Å². The van der Waals surface area contributed by atoms with Crippen molar-refractivity contribution in [2.24, 2.45) is 0 Å². The van der Waals surface area contributed by atoms with Crippen LogP contribution >= 0.6 is 15.9 Å². The second-order valence-electron chi connectivity index (χ2n) is 3.09. The van der Waals surface area contributed by atoms with Gasteiger partial charge in [-0.3, -0.25) is 0 Å². The maximum atomic E-state index is 4.47. The number of rotatable bonds is 3. The number of imidazole rings is 1. The number of hydrogen-bond donors (Lipinski definition) is 1. The third kappa shape index (κ3) is 2.07. The SMILES string of the molecule is CCc1nc(-c2ncc[nH]2)ncc1CBr. The quantitative estimate of drug-likeness (QED) is 0.868. The standard InChI is InChI=1S/C10H11BrN4/c1-2-8-7(5-11)6-14-10(15-8)9-12-3-4-13-9/h3-4,6H,2,5H2,1H3,(H,12,13). The van der Waals surface area contributed by atoms with E-state index in [1.54, 1.807) is 12.4 Å². The van der Waals surface area contributed by atoms with Crippen molar-refractivity contribution in [1.29, 1.82) is 0 Å². The van der Waals surface area contributed by atoms with Gasteiger partial charge in [0.05, 0.1) is 0 Å². The summed E-state index contributed by atoms with van der Waals surface area (Å²) in [5.74, 6) is 1.37. The van der Waals surface area contributed by atoms with E-state index >= 15 is 0 Å². The summed E-state index contributed by atoms with van der Waals surface area (Å²) in [6, 6.07) is 0. The van der Waals surface area contributed by atoms with E-state index in [9.17, 15) is 0 Å². The van der Waals surface area contributed by atoms with Crippen molar-refractivity contribution in [3.63, 3.8) is 0 Å². The Morgan fingerprint density at radius 1 is 1.40 bits per heavy atom. The van der Waals surface area contributed by atoms with Crippen molar-refractivity contribution in [1.82, 2.24) is 19.9 Å². The minimum atomic E-state index is 0.654. The van der Waals surface area contributed by atoms with Gasteiger partial charge < -0.3 is 4.98 Å². The number of nitrogens with zero attached hydrogens (tertiary/aromatic N) is 3. The van der Waals surface area contributed by atoms with Crippen molar-refractivity contribution < 1.29 is 0 Å². The summed E-state index contributed by atoms with van der Waals surface area (Å²) in [6.07, 6.45) is 6.21. The molecular formula is C10H11BrN4. The number of aryl methyl sites for hydroxylation is 1. The Hall–Kier alpha value is -1.23. The molecule has 0 bridgehead atoms. The summed E-state index contributed by atoms with van der Waals surface area (Å²) in [5, 5.41) is 0.786. The lowest BCUT2D eigenvalue weighted by atomic mass is 10.2. The molecule has 4 nitrogen and oxygen atoms in total. The number of hydrogen-bond acceptors (Lipinski definition) is 3. The smallest absolute Gasteiger partial charge is 0.195 e. The van der Waals surface area contributed by atoms with Gasteiger partial charge >= 0.3 is 0 Å². The van der Waals surface area contributed by atoms with Crippen molar-refractivity contribution >= 4 is 15.9 Å². The Morgan fingerprint density at radius 3 is 2.87 bits per heavy atom. The highest BCUT2D eigenvalue weighted by Gasteiger charge is 2.07. The van der Waals surface area contributed by atoms with Gasteiger partial charge in [0.25, 0.3) is 0 Å². The molecule has 2 rings (SSSR count). The van der Waals surface area contributed by atoms with Crippen molar-refractivity contribution in [2.45, 2.75) is 18.7 Å². The molecule has 0 amide bonds. The van der Waals surface area contributed by atoms with E-state index in [-0.39, 0.29) is 0 Å². The van der Waals surface area contributed by atoms with Gasteiger partial charge in [-0.1, -0.05) is 22.9 Å². The van der Waals surface area contributed by atoms with Gasteiger partial charge in [-0.05, 0) is 6.42 Å². The first-order valence-corrected chi connectivity index (χ1v) is 5.87. The average molecular weight is 267 g/mol. The molecule has 0 fully saturated rings. The Balaban J connectivity index is 2.43. The number of aromatic nitrogens is 4. The Labute approximate surface area is 96.3 Å². The highest BCUT2D eigenvalue weighted by molar-refractivity contribution is 9.08. The highest BCUT2D eigenvalue weighted by atomic mass is 79.9. The van der Waals surface area contributed by atoms with Crippen LogP contribution in [-0.4, -0.2) is 19.9 Å². The van der Waals surface area contributed by atoms with Crippen LogP contribution in [0.4, 0.5) is 0 Å². The average Bonchev–Trinajstić information content (AvgIpc) is 2.81. The zero-order valence-electron chi connectivity index (χ0n) is 8.37. The molecule has 15 heavy (non-hydrogen) atoms. The van der Waals surface area contributed by atoms with Gasteiger partial charge in [0.15, 0.2) is 11.6 Å². The van der Waals surface area contributed by atoms with Gasteiger partial charge in [0.2, 0.25) is 0 Å². The summed E-state index contributed by atoms with van der Waals surface area (Å²) in [7, 11) is 0. The van der Waals surface area contributed by atoms with Crippen LogP contribution in [0.3, 0.4) is 0 Å². The first kappa shape index (κ1) is 10.3. The van der Waals surface area contributed by atoms with Crippen LogP contribution in [0.2, 0.25) is 0 Å². The van der Waals surface area contributed by atoms with Gasteiger partial charge in [0.1, 0.15) is 0 Å². The van der Waals surface area contributed by atoms with Crippen LogP contribution in [0.5, 0.6) is 0 Å². The fourth-order valence-electron chi connectivity index (χ4n) is 1.36. The zero-order valence-corrected chi connectivity index (χ0v) is 9.95. The summed E-state index contributed by atoms with van der Waals surface area (Å²) in [6.45, 7) is 2.08. The summed E-state index contributed by atoms with van der Waals surface area (Å²) in [4.78, 5) is 15.9. The molecule has 0 aliphatic rings. The number of nitrogens with one attached hydrogen (secondary N) is 1. The minimum absolute atomic E-state index is 0.654. The molecule has 2 aromatic heterocycles. The van der Waals surface area contributed by atoms with Crippen molar-refractivity contribution in [2.75, 3.05) is 0 Å². The number of alkyl halides is 1. The fourth-order valence-corrected chi connectivity index (χ4v) is 1.83. The molecule has 0 aliphatic heterocycles. The lowest BCUT2D eigenvalue weighted by Crippen LogP contribution is -2.00. The monoisotopic (exact) mass is 266 g/mol. The van der Waals surface area contributed by atoms with Crippen LogP contribution in [0.25, 0.3) is 11.6 Å². The van der Waals surface area contributed by atoms with Gasteiger partial charge in [-0.2, -0.15) is 0 Å². The predicted molar refractivity (Wildman–Crippen MR) is 61.6 cm³/mol. The number of halogens is 1. The molecule has 0 aromatic carbocycles. The second kappa shape index (κ2) is 4.53. The zero-order chi connectivity index (χ0) is 10.7. The van der Waals surface area contributed by atoms with Crippen LogP contribution < -0.4 is 0 Å². The Bertz CT molecular complexity index is 439. The molecular weight excluding hydrogens is 256 g/mol. The molecule has 78 valence electrons. The minimum Gasteiger partial charge on any atom is -0.342 e. The Morgan fingerprint density at radius 2 is 2.27 bits per heavy atom. The number of aromatic amines is 1. The van der Waals surface area contributed by atoms with Gasteiger partial charge in [-0.25, -0.2) is 15.0 Å². The molecule has 0 unspecified atom stereocenters. The van der Waals surface area contributed by atoms with E-state index in [0.29, 0.717) is 11.6 Å². The third-order valence-electron chi connectivity index (χ3n) is 2.14. The highest BCUT2D eigenvalue weighted by Crippen LogP contribution is 2.14. The molecule has 0 radical (unpaired) electrons. The molecule has 0 saturated heterocycles. The van der Waals surface area contributed by atoms with Crippen LogP contribution in [0.15, 0.2) is 18.6 Å². The van der Waals surface area contributed by atoms with E-state index in [4.69, 9.17) is 0 Å². The summed E-state index contributed by atoms with van der Waals surface area (Å²) in [5.41, 5.74) is 2.20. The summed E-state index contributed by atoms with van der Waals surface area (Å²) >= 11 is 3.42. The number of H-pyrrole nitrogens is 1. The molecule has 1 N–H and O–H groups in total. The van der Waals surface area contributed by atoms with Gasteiger partial charge in [0, 0.05) is 35.2 Å². The fraction of sp³-hybridized carbons (Fsp3) is 0.300. The van der Waals surface area contributed by atoms with Crippen molar-refractivity contribution in [3.05, 3.63) is 29.8 Å². The predicted octanol–water partition coefficient (Wildman–Crippen LogP) is 2.32. The van der Waals surface area contributed by atoms with Crippen molar-refractivity contribution in [3.8, 4) is 11.6 Å². The molecule has 2 heterocycles. The van der Waals surface area contributed by atoms with E-state index in [0.717, 1.165) is 23.0 Å². The van der Waals surface area contributed by atoms with Crippen LogP contribution in [0, 0.1) is 0 Å². The molecule has 5 heteroatoms. The van der Waals surface area contributed by atoms with E-state index in [1.165, 1.54) is 0 Å². The topological polar surface area (TPSA) is 54.5 Å². The Kier molecular flexibility index (Phi) is 3.11. The first-order valence-electron chi connectivity index (χ1n) is 4.75. The molecule has 0 spiro atoms. The lowest BCUT2D eigenvalue weighted by Gasteiger charge is -2.04.